The minimum Gasteiger partial charge on any atom is -0.469 e. The number of morpholine rings is 1. The van der Waals surface area contributed by atoms with Crippen LogP contribution in [0.4, 0.5) is 0 Å². The predicted octanol–water partition coefficient (Wildman–Crippen LogP) is 3.14. The number of hydrogen-bond acceptors (Lipinski definition) is 5. The van der Waals surface area contributed by atoms with Gasteiger partial charge in [0.25, 0.3) is 0 Å². The fourth-order valence-corrected chi connectivity index (χ4v) is 3.27. The van der Waals surface area contributed by atoms with Gasteiger partial charge in [0.15, 0.2) is 5.96 Å². The Morgan fingerprint density at radius 2 is 2.03 bits per heavy atom. The molecule has 1 N–H and O–H groups in total. The van der Waals surface area contributed by atoms with Gasteiger partial charge in [-0.2, -0.15) is 0 Å². The Labute approximate surface area is 190 Å². The van der Waals surface area contributed by atoms with E-state index in [9.17, 15) is 0 Å². The van der Waals surface area contributed by atoms with Crippen LogP contribution in [0.1, 0.15) is 23.5 Å². The standard InChI is InChI=1S/C21H32N4O3.HI/c1-18-19(7-14-27-18)17-24(2)21(23-9-6-20-5-3-13-28-20)22-8-4-10-25-11-15-26-16-12-25;/h3,5,7,13-14H,4,6,8-12,15-17H2,1-2H3,(H,22,23);1H. The normalized spacial score (nSPS) is 15.2. The first-order chi connectivity index (χ1) is 13.7. The maximum absolute atomic E-state index is 5.43. The smallest absolute Gasteiger partial charge is 0.193 e. The molecule has 162 valence electrons. The molecule has 0 atom stereocenters. The van der Waals surface area contributed by atoms with Gasteiger partial charge >= 0.3 is 0 Å². The molecular weight excluding hydrogens is 483 g/mol. The third-order valence-corrected chi connectivity index (χ3v) is 4.97. The lowest BCUT2D eigenvalue weighted by molar-refractivity contribution is 0.0377. The molecule has 1 saturated heterocycles. The van der Waals surface area contributed by atoms with Crippen molar-refractivity contribution in [3.8, 4) is 0 Å². The van der Waals surface area contributed by atoms with Crippen molar-refractivity contribution in [2.75, 3.05) is 53.0 Å². The lowest BCUT2D eigenvalue weighted by Gasteiger charge is -2.26. The van der Waals surface area contributed by atoms with Gasteiger partial charge in [-0.1, -0.05) is 0 Å². The van der Waals surface area contributed by atoms with Gasteiger partial charge < -0.3 is 23.8 Å². The van der Waals surface area contributed by atoms with Crippen LogP contribution < -0.4 is 5.32 Å². The number of ether oxygens (including phenoxy) is 1. The van der Waals surface area contributed by atoms with Gasteiger partial charge in [-0.3, -0.25) is 9.89 Å². The molecule has 7 nitrogen and oxygen atoms in total. The first-order valence-electron chi connectivity index (χ1n) is 10.1. The van der Waals surface area contributed by atoms with Crippen molar-refractivity contribution in [3.05, 3.63) is 47.8 Å². The Bertz CT molecular complexity index is 711. The van der Waals surface area contributed by atoms with E-state index < -0.39 is 0 Å². The van der Waals surface area contributed by atoms with E-state index in [0.717, 1.165) is 82.8 Å². The first-order valence-corrected chi connectivity index (χ1v) is 10.1. The summed E-state index contributed by atoms with van der Waals surface area (Å²) in [6.45, 7) is 9.14. The Hall–Kier alpha value is -1.52. The van der Waals surface area contributed by atoms with Gasteiger partial charge in [0.1, 0.15) is 11.5 Å². The number of furan rings is 2. The maximum atomic E-state index is 5.43. The Morgan fingerprint density at radius 3 is 2.72 bits per heavy atom. The molecule has 0 aromatic carbocycles. The third-order valence-electron chi connectivity index (χ3n) is 4.97. The molecule has 0 radical (unpaired) electrons. The number of aryl methyl sites for hydroxylation is 1. The number of guanidine groups is 1. The Kier molecular flexibility index (Phi) is 10.6. The second-order valence-electron chi connectivity index (χ2n) is 7.13. The predicted molar refractivity (Wildman–Crippen MR) is 125 cm³/mol. The second kappa shape index (κ2) is 12.9. The van der Waals surface area contributed by atoms with Crippen molar-refractivity contribution in [2.45, 2.75) is 26.3 Å². The quantitative estimate of drug-likeness (QED) is 0.239. The zero-order chi connectivity index (χ0) is 19.6. The van der Waals surface area contributed by atoms with Crippen molar-refractivity contribution in [2.24, 2.45) is 4.99 Å². The highest BCUT2D eigenvalue weighted by Crippen LogP contribution is 2.11. The van der Waals surface area contributed by atoms with E-state index in [1.807, 2.05) is 25.1 Å². The molecule has 0 amide bonds. The van der Waals surface area contributed by atoms with Gasteiger partial charge in [-0.25, -0.2) is 0 Å². The molecule has 1 fully saturated rings. The van der Waals surface area contributed by atoms with Crippen molar-refractivity contribution in [1.29, 1.82) is 0 Å². The molecular formula is C21H33IN4O3. The first kappa shape index (κ1) is 23.8. The number of nitrogens with zero attached hydrogens (tertiary/aromatic N) is 3. The highest BCUT2D eigenvalue weighted by Gasteiger charge is 2.12. The van der Waals surface area contributed by atoms with Crippen LogP contribution in [0.5, 0.6) is 0 Å². The molecule has 3 heterocycles. The fraction of sp³-hybridized carbons (Fsp3) is 0.571. The molecule has 1 aliphatic rings. The van der Waals surface area contributed by atoms with Crippen molar-refractivity contribution >= 4 is 29.9 Å². The van der Waals surface area contributed by atoms with E-state index in [-0.39, 0.29) is 24.0 Å². The summed E-state index contributed by atoms with van der Waals surface area (Å²) < 4.78 is 16.3. The molecule has 8 heteroatoms. The van der Waals surface area contributed by atoms with Crippen LogP contribution in [0, 0.1) is 6.92 Å². The topological polar surface area (TPSA) is 66.4 Å². The van der Waals surface area contributed by atoms with Crippen molar-refractivity contribution in [3.63, 3.8) is 0 Å². The molecule has 0 unspecified atom stereocenters. The van der Waals surface area contributed by atoms with Crippen LogP contribution in [-0.4, -0.2) is 68.7 Å². The Morgan fingerprint density at radius 1 is 1.21 bits per heavy atom. The van der Waals surface area contributed by atoms with Gasteiger partial charge in [-0.15, -0.1) is 24.0 Å². The van der Waals surface area contributed by atoms with Gasteiger partial charge in [0.05, 0.1) is 25.7 Å². The highest BCUT2D eigenvalue weighted by atomic mass is 127. The van der Waals surface area contributed by atoms with E-state index >= 15 is 0 Å². The molecule has 1 aliphatic heterocycles. The molecule has 3 rings (SSSR count). The number of halogens is 1. The SMILES string of the molecule is Cc1occc1CN(C)C(=NCCCN1CCOCC1)NCCc1ccco1.I. The van der Waals surface area contributed by atoms with E-state index in [1.165, 1.54) is 5.56 Å². The summed E-state index contributed by atoms with van der Waals surface area (Å²) in [5.74, 6) is 2.84. The van der Waals surface area contributed by atoms with Crippen LogP contribution in [0.25, 0.3) is 0 Å². The van der Waals surface area contributed by atoms with E-state index in [4.69, 9.17) is 18.6 Å². The maximum Gasteiger partial charge on any atom is 0.193 e. The van der Waals surface area contributed by atoms with Crippen LogP contribution in [0.3, 0.4) is 0 Å². The largest absolute Gasteiger partial charge is 0.469 e. The summed E-state index contributed by atoms with van der Waals surface area (Å²) in [5, 5.41) is 3.48. The van der Waals surface area contributed by atoms with Crippen LogP contribution in [-0.2, 0) is 17.7 Å². The molecule has 0 aliphatic carbocycles. The van der Waals surface area contributed by atoms with Crippen LogP contribution in [0.15, 0.2) is 44.6 Å². The summed E-state index contributed by atoms with van der Waals surface area (Å²) in [5.41, 5.74) is 1.18. The lowest BCUT2D eigenvalue weighted by atomic mass is 10.2. The van der Waals surface area contributed by atoms with Crippen molar-refractivity contribution < 1.29 is 13.6 Å². The zero-order valence-electron chi connectivity index (χ0n) is 17.4. The lowest BCUT2D eigenvalue weighted by Crippen LogP contribution is -2.40. The summed E-state index contributed by atoms with van der Waals surface area (Å²) in [6.07, 6.45) is 5.33. The number of hydrogen-bond donors (Lipinski definition) is 1. The summed E-state index contributed by atoms with van der Waals surface area (Å²) in [4.78, 5) is 9.44. The van der Waals surface area contributed by atoms with Gasteiger partial charge in [0, 0.05) is 58.3 Å². The minimum absolute atomic E-state index is 0. The van der Waals surface area contributed by atoms with Crippen LogP contribution >= 0.6 is 24.0 Å². The third kappa shape index (κ3) is 8.02. The minimum atomic E-state index is 0. The average molecular weight is 516 g/mol. The number of rotatable bonds is 9. The average Bonchev–Trinajstić information content (AvgIpc) is 3.36. The van der Waals surface area contributed by atoms with Gasteiger partial charge in [-0.05, 0) is 31.5 Å². The number of aliphatic imine (C=N–C) groups is 1. The second-order valence-corrected chi connectivity index (χ2v) is 7.13. The molecule has 2 aromatic rings. The Balaban J connectivity index is 0.00000300. The van der Waals surface area contributed by atoms with E-state index in [0.29, 0.717) is 0 Å². The molecule has 0 saturated carbocycles. The van der Waals surface area contributed by atoms with E-state index in [2.05, 4.69) is 22.2 Å². The fourth-order valence-electron chi connectivity index (χ4n) is 3.27. The molecule has 0 bridgehead atoms. The summed E-state index contributed by atoms with van der Waals surface area (Å²) in [7, 11) is 2.06. The van der Waals surface area contributed by atoms with E-state index in [1.54, 1.807) is 12.5 Å². The molecule has 29 heavy (non-hydrogen) atoms. The van der Waals surface area contributed by atoms with Crippen molar-refractivity contribution in [1.82, 2.24) is 15.1 Å². The molecule has 2 aromatic heterocycles. The monoisotopic (exact) mass is 516 g/mol. The highest BCUT2D eigenvalue weighted by molar-refractivity contribution is 14.0. The summed E-state index contributed by atoms with van der Waals surface area (Å²) >= 11 is 0. The number of nitrogens with one attached hydrogen (secondary N) is 1. The zero-order valence-corrected chi connectivity index (χ0v) is 19.8. The van der Waals surface area contributed by atoms with Crippen LogP contribution in [0.2, 0.25) is 0 Å². The van der Waals surface area contributed by atoms with Gasteiger partial charge in [0.2, 0.25) is 0 Å². The summed E-state index contributed by atoms with van der Waals surface area (Å²) in [6, 6.07) is 5.94. The molecule has 0 spiro atoms.